The summed E-state index contributed by atoms with van der Waals surface area (Å²) in [5.41, 5.74) is 5.44. The van der Waals surface area contributed by atoms with Crippen LogP contribution < -0.4 is 20.4 Å². The van der Waals surface area contributed by atoms with Crippen LogP contribution in [0.1, 0.15) is 5.69 Å². The SMILES string of the molecule is CNCCOc1cc(N2CCOCC2)cc(/C=N/Nc2ccc(O)cc2)n1. The van der Waals surface area contributed by atoms with Gasteiger partial charge in [0.2, 0.25) is 5.88 Å². The summed E-state index contributed by atoms with van der Waals surface area (Å²) >= 11 is 0. The fraction of sp³-hybridized carbons (Fsp3) is 0.368. The van der Waals surface area contributed by atoms with Crippen LogP contribution in [0.25, 0.3) is 0 Å². The number of rotatable bonds is 8. The zero-order chi connectivity index (χ0) is 18.9. The molecular weight excluding hydrogens is 346 g/mol. The average Bonchev–Trinajstić information content (AvgIpc) is 2.70. The van der Waals surface area contributed by atoms with E-state index in [1.165, 1.54) is 0 Å². The van der Waals surface area contributed by atoms with Crippen molar-refractivity contribution in [3.8, 4) is 11.6 Å². The Bertz CT molecular complexity index is 746. The summed E-state index contributed by atoms with van der Waals surface area (Å²) in [6, 6.07) is 10.6. The molecule has 1 fully saturated rings. The largest absolute Gasteiger partial charge is 0.508 e. The van der Waals surface area contributed by atoms with E-state index in [1.54, 1.807) is 30.5 Å². The quantitative estimate of drug-likeness (QED) is 0.281. The summed E-state index contributed by atoms with van der Waals surface area (Å²) in [6.07, 6.45) is 1.65. The van der Waals surface area contributed by atoms with E-state index in [1.807, 2.05) is 19.2 Å². The van der Waals surface area contributed by atoms with Gasteiger partial charge < -0.3 is 24.8 Å². The third-order valence-electron chi connectivity index (χ3n) is 4.04. The molecule has 1 aromatic heterocycles. The highest BCUT2D eigenvalue weighted by Gasteiger charge is 2.13. The van der Waals surface area contributed by atoms with E-state index in [0.29, 0.717) is 31.4 Å². The molecular formula is C19H25N5O3. The summed E-state index contributed by atoms with van der Waals surface area (Å²) in [7, 11) is 1.88. The predicted molar refractivity (Wildman–Crippen MR) is 106 cm³/mol. The third-order valence-corrected chi connectivity index (χ3v) is 4.04. The molecule has 3 rings (SSSR count). The molecule has 0 bridgehead atoms. The van der Waals surface area contributed by atoms with Crippen molar-refractivity contribution in [2.24, 2.45) is 5.10 Å². The zero-order valence-electron chi connectivity index (χ0n) is 15.4. The van der Waals surface area contributed by atoms with Crippen LogP contribution in [0, 0.1) is 0 Å². The van der Waals surface area contributed by atoms with Gasteiger partial charge in [0.05, 0.1) is 30.8 Å². The summed E-state index contributed by atoms with van der Waals surface area (Å²) in [5.74, 6) is 0.785. The Balaban J connectivity index is 1.73. The fourth-order valence-corrected chi connectivity index (χ4v) is 2.62. The highest BCUT2D eigenvalue weighted by molar-refractivity contribution is 5.80. The van der Waals surface area contributed by atoms with E-state index in [9.17, 15) is 5.11 Å². The molecule has 27 heavy (non-hydrogen) atoms. The summed E-state index contributed by atoms with van der Waals surface area (Å²) in [4.78, 5) is 6.76. The fourth-order valence-electron chi connectivity index (χ4n) is 2.62. The van der Waals surface area contributed by atoms with Crippen molar-refractivity contribution in [1.82, 2.24) is 10.3 Å². The molecule has 1 aromatic carbocycles. The number of ether oxygens (including phenoxy) is 2. The van der Waals surface area contributed by atoms with Crippen molar-refractivity contribution in [2.45, 2.75) is 0 Å². The van der Waals surface area contributed by atoms with Gasteiger partial charge in [0.1, 0.15) is 12.4 Å². The summed E-state index contributed by atoms with van der Waals surface area (Å²) < 4.78 is 11.2. The number of phenolic OH excluding ortho intramolecular Hbond substituents is 1. The molecule has 2 aromatic rings. The Kier molecular flexibility index (Phi) is 6.84. The first kappa shape index (κ1) is 18.9. The Morgan fingerprint density at radius 2 is 2.04 bits per heavy atom. The second-order valence-electron chi connectivity index (χ2n) is 6.06. The Morgan fingerprint density at radius 3 is 2.78 bits per heavy atom. The maximum absolute atomic E-state index is 9.33. The van der Waals surface area contributed by atoms with Gasteiger partial charge in [-0.1, -0.05) is 0 Å². The monoisotopic (exact) mass is 371 g/mol. The highest BCUT2D eigenvalue weighted by Crippen LogP contribution is 2.22. The summed E-state index contributed by atoms with van der Waals surface area (Å²) in [6.45, 7) is 4.38. The lowest BCUT2D eigenvalue weighted by Crippen LogP contribution is -2.36. The number of benzene rings is 1. The number of morpholine rings is 1. The number of nitrogens with one attached hydrogen (secondary N) is 2. The molecule has 8 nitrogen and oxygen atoms in total. The van der Waals surface area contributed by atoms with Crippen LogP contribution in [0.4, 0.5) is 11.4 Å². The number of nitrogens with zero attached hydrogens (tertiary/aromatic N) is 3. The molecule has 0 spiro atoms. The van der Waals surface area contributed by atoms with E-state index in [2.05, 4.69) is 25.7 Å². The molecule has 0 radical (unpaired) electrons. The normalized spacial score (nSPS) is 14.5. The second kappa shape index (κ2) is 9.75. The number of phenols is 1. The number of likely N-dealkylation sites (N-methyl/N-ethyl adjacent to an activating group) is 1. The molecule has 3 N–H and O–H groups in total. The minimum absolute atomic E-state index is 0.216. The molecule has 144 valence electrons. The van der Waals surface area contributed by atoms with Crippen LogP contribution in [0.3, 0.4) is 0 Å². The molecule has 8 heteroatoms. The minimum atomic E-state index is 0.216. The lowest BCUT2D eigenvalue weighted by molar-refractivity contribution is 0.122. The molecule has 0 amide bonds. The van der Waals surface area contributed by atoms with Gasteiger partial charge in [-0.2, -0.15) is 5.10 Å². The first-order valence-electron chi connectivity index (χ1n) is 8.95. The topological polar surface area (TPSA) is 91.2 Å². The van der Waals surface area contributed by atoms with Gasteiger partial charge in [-0.15, -0.1) is 0 Å². The van der Waals surface area contributed by atoms with Gasteiger partial charge in [0, 0.05) is 31.4 Å². The van der Waals surface area contributed by atoms with E-state index >= 15 is 0 Å². The van der Waals surface area contributed by atoms with Crippen LogP contribution in [0.15, 0.2) is 41.5 Å². The van der Waals surface area contributed by atoms with E-state index < -0.39 is 0 Å². The maximum Gasteiger partial charge on any atom is 0.215 e. The van der Waals surface area contributed by atoms with Crippen LogP contribution in [-0.2, 0) is 4.74 Å². The average molecular weight is 371 g/mol. The van der Waals surface area contributed by atoms with Crippen molar-refractivity contribution < 1.29 is 14.6 Å². The molecule has 0 unspecified atom stereocenters. The van der Waals surface area contributed by atoms with Crippen molar-refractivity contribution in [2.75, 3.05) is 56.8 Å². The van der Waals surface area contributed by atoms with Gasteiger partial charge >= 0.3 is 0 Å². The molecule has 2 heterocycles. The molecule has 1 aliphatic rings. The van der Waals surface area contributed by atoms with E-state index in [-0.39, 0.29) is 5.75 Å². The van der Waals surface area contributed by atoms with Crippen molar-refractivity contribution >= 4 is 17.6 Å². The Hall–Kier alpha value is -2.84. The molecule has 1 aliphatic heterocycles. The van der Waals surface area contributed by atoms with Crippen molar-refractivity contribution in [3.63, 3.8) is 0 Å². The number of aromatic nitrogens is 1. The third kappa shape index (κ3) is 5.83. The number of hydrogen-bond donors (Lipinski definition) is 3. The van der Waals surface area contributed by atoms with Gasteiger partial charge in [-0.25, -0.2) is 4.98 Å². The second-order valence-corrected chi connectivity index (χ2v) is 6.06. The van der Waals surface area contributed by atoms with E-state index in [0.717, 1.165) is 31.0 Å². The van der Waals surface area contributed by atoms with Crippen LogP contribution in [-0.4, -0.2) is 62.8 Å². The van der Waals surface area contributed by atoms with Crippen molar-refractivity contribution in [1.29, 1.82) is 0 Å². The standard InChI is InChI=1S/C19H25N5O3/c1-20-6-9-27-19-13-17(24-7-10-26-11-8-24)12-16(22-19)14-21-23-15-2-4-18(25)5-3-15/h2-5,12-14,20,23,25H,6-11H2,1H3/b21-14+. The zero-order valence-corrected chi connectivity index (χ0v) is 15.4. The molecule has 0 saturated carbocycles. The molecule has 1 saturated heterocycles. The number of hydrazone groups is 1. The van der Waals surface area contributed by atoms with E-state index in [4.69, 9.17) is 9.47 Å². The first-order valence-corrected chi connectivity index (χ1v) is 8.95. The number of hydrogen-bond acceptors (Lipinski definition) is 8. The highest BCUT2D eigenvalue weighted by atomic mass is 16.5. The number of pyridine rings is 1. The summed E-state index contributed by atoms with van der Waals surface area (Å²) in [5, 5.41) is 16.6. The number of anilines is 2. The molecule has 0 aliphatic carbocycles. The Morgan fingerprint density at radius 1 is 1.26 bits per heavy atom. The predicted octanol–water partition coefficient (Wildman–Crippen LogP) is 1.67. The van der Waals surface area contributed by atoms with Gasteiger partial charge in [-0.05, 0) is 37.4 Å². The maximum atomic E-state index is 9.33. The van der Waals surface area contributed by atoms with Crippen LogP contribution >= 0.6 is 0 Å². The lowest BCUT2D eigenvalue weighted by atomic mass is 10.2. The van der Waals surface area contributed by atoms with Crippen LogP contribution in [0.2, 0.25) is 0 Å². The van der Waals surface area contributed by atoms with Crippen molar-refractivity contribution in [3.05, 3.63) is 42.1 Å². The van der Waals surface area contributed by atoms with Gasteiger partial charge in [0.25, 0.3) is 0 Å². The minimum Gasteiger partial charge on any atom is -0.508 e. The smallest absolute Gasteiger partial charge is 0.215 e. The first-order chi connectivity index (χ1) is 13.2. The lowest BCUT2D eigenvalue weighted by Gasteiger charge is -2.29. The van der Waals surface area contributed by atoms with Crippen LogP contribution in [0.5, 0.6) is 11.6 Å². The number of aromatic hydroxyl groups is 1. The van der Waals surface area contributed by atoms with Gasteiger partial charge in [0.15, 0.2) is 0 Å². The Labute approximate surface area is 158 Å². The molecule has 0 atom stereocenters. The van der Waals surface area contributed by atoms with Gasteiger partial charge in [-0.3, -0.25) is 5.43 Å².